The highest BCUT2D eigenvalue weighted by atomic mass is 19.4. The summed E-state index contributed by atoms with van der Waals surface area (Å²) in [6.45, 7) is -2.19. The molecule has 0 aliphatic rings. The summed E-state index contributed by atoms with van der Waals surface area (Å²) < 4.78 is 38.3. The van der Waals surface area contributed by atoms with Gasteiger partial charge in [0.2, 0.25) is 5.91 Å². The highest BCUT2D eigenvalue weighted by Gasteiger charge is 2.27. The van der Waals surface area contributed by atoms with E-state index in [1.165, 1.54) is 18.2 Å². The largest absolute Gasteiger partial charge is 0.405 e. The molecule has 3 rings (SSSR count). The Morgan fingerprint density at radius 1 is 1.29 bits per heavy atom. The molecule has 0 saturated carbocycles. The molecule has 0 spiro atoms. The van der Waals surface area contributed by atoms with Crippen LogP contribution in [-0.4, -0.2) is 42.9 Å². The second-order valence-electron chi connectivity index (χ2n) is 5.61. The SMILES string of the molecule is O=C(Cn1cnc2c(cnn2-c2ccccc2[N+](=O)[O-])c1=O)NCC(F)(F)F. The van der Waals surface area contributed by atoms with Gasteiger partial charge < -0.3 is 5.32 Å². The molecule has 0 unspecified atom stereocenters. The molecule has 0 fully saturated rings. The first-order valence-electron chi connectivity index (χ1n) is 7.68. The van der Waals surface area contributed by atoms with E-state index in [0.717, 1.165) is 21.8 Å². The molecule has 0 aliphatic carbocycles. The Morgan fingerprint density at radius 3 is 2.68 bits per heavy atom. The minimum absolute atomic E-state index is 0.00579. The molecular weight excluding hydrogens is 385 g/mol. The fraction of sp³-hybridized carbons (Fsp3) is 0.200. The van der Waals surface area contributed by atoms with Crippen LogP contribution in [-0.2, 0) is 11.3 Å². The van der Waals surface area contributed by atoms with Crippen molar-refractivity contribution >= 4 is 22.6 Å². The molecule has 0 bridgehead atoms. The lowest BCUT2D eigenvalue weighted by Crippen LogP contribution is -2.37. The van der Waals surface area contributed by atoms with E-state index >= 15 is 0 Å². The molecule has 13 heteroatoms. The van der Waals surface area contributed by atoms with Gasteiger partial charge in [-0.25, -0.2) is 9.67 Å². The number of aromatic nitrogens is 4. The minimum atomic E-state index is -4.58. The van der Waals surface area contributed by atoms with Crippen LogP contribution in [0.15, 0.2) is 41.6 Å². The van der Waals surface area contributed by atoms with Gasteiger partial charge in [-0.3, -0.25) is 24.3 Å². The summed E-state index contributed by atoms with van der Waals surface area (Å²) in [7, 11) is 0. The van der Waals surface area contributed by atoms with Crippen LogP contribution in [0, 0.1) is 10.1 Å². The molecule has 10 nitrogen and oxygen atoms in total. The number of alkyl halides is 3. The third-order valence-electron chi connectivity index (χ3n) is 3.66. The normalized spacial score (nSPS) is 11.5. The van der Waals surface area contributed by atoms with Crippen LogP contribution in [0.1, 0.15) is 0 Å². The summed E-state index contributed by atoms with van der Waals surface area (Å²) in [6.07, 6.45) is -2.50. The quantitative estimate of drug-likeness (QED) is 0.510. The van der Waals surface area contributed by atoms with Gasteiger partial charge in [-0.2, -0.15) is 18.3 Å². The number of hydrogen-bond acceptors (Lipinski definition) is 6. The number of halogens is 3. The fourth-order valence-electron chi connectivity index (χ4n) is 2.44. The van der Waals surface area contributed by atoms with E-state index in [0.29, 0.717) is 0 Å². The van der Waals surface area contributed by atoms with Crippen molar-refractivity contribution in [3.8, 4) is 5.69 Å². The van der Waals surface area contributed by atoms with Crippen molar-refractivity contribution < 1.29 is 22.9 Å². The maximum absolute atomic E-state index is 12.5. The average Bonchev–Trinajstić information content (AvgIpc) is 3.06. The van der Waals surface area contributed by atoms with Crippen LogP contribution in [0.4, 0.5) is 18.9 Å². The van der Waals surface area contributed by atoms with Crippen molar-refractivity contribution in [1.82, 2.24) is 24.6 Å². The number of carbonyl (C=O) groups is 1. The lowest BCUT2D eigenvalue weighted by Gasteiger charge is -2.09. The first kappa shape index (κ1) is 19.0. The van der Waals surface area contributed by atoms with E-state index in [1.54, 1.807) is 11.4 Å². The van der Waals surface area contributed by atoms with Crippen LogP contribution in [0.25, 0.3) is 16.7 Å². The van der Waals surface area contributed by atoms with Crippen molar-refractivity contribution in [3.63, 3.8) is 0 Å². The predicted octanol–water partition coefficient (Wildman–Crippen LogP) is 1.17. The second kappa shape index (κ2) is 7.09. The Bertz CT molecular complexity index is 1120. The summed E-state index contributed by atoms with van der Waals surface area (Å²) in [5.41, 5.74) is -0.900. The monoisotopic (exact) mass is 396 g/mol. The van der Waals surface area contributed by atoms with Gasteiger partial charge in [-0.05, 0) is 6.07 Å². The zero-order valence-electron chi connectivity index (χ0n) is 13.9. The predicted molar refractivity (Wildman–Crippen MR) is 88.8 cm³/mol. The fourth-order valence-corrected chi connectivity index (χ4v) is 2.44. The van der Waals surface area contributed by atoms with Gasteiger partial charge in [0.15, 0.2) is 5.65 Å². The summed E-state index contributed by atoms with van der Waals surface area (Å²) in [5, 5.41) is 16.7. The van der Waals surface area contributed by atoms with Gasteiger partial charge >= 0.3 is 6.18 Å². The lowest BCUT2D eigenvalue weighted by atomic mass is 10.2. The molecule has 3 aromatic rings. The number of rotatable bonds is 5. The van der Waals surface area contributed by atoms with Gasteiger partial charge in [0.05, 0.1) is 11.1 Å². The Hall–Kier alpha value is -3.77. The highest BCUT2D eigenvalue weighted by molar-refractivity contribution is 5.78. The Labute approximate surface area is 153 Å². The molecule has 1 aromatic carbocycles. The lowest BCUT2D eigenvalue weighted by molar-refractivity contribution is -0.384. The van der Waals surface area contributed by atoms with Crippen molar-refractivity contribution in [1.29, 1.82) is 0 Å². The molecule has 0 aliphatic heterocycles. The minimum Gasteiger partial charge on any atom is -0.345 e. The number of nitro benzene ring substituents is 1. The van der Waals surface area contributed by atoms with Crippen LogP contribution in [0.3, 0.4) is 0 Å². The topological polar surface area (TPSA) is 125 Å². The summed E-state index contributed by atoms with van der Waals surface area (Å²) >= 11 is 0. The number of nitro groups is 1. The van der Waals surface area contributed by atoms with Crippen molar-refractivity contribution in [2.24, 2.45) is 0 Å². The zero-order chi connectivity index (χ0) is 20.5. The van der Waals surface area contributed by atoms with E-state index in [-0.39, 0.29) is 22.4 Å². The van der Waals surface area contributed by atoms with E-state index in [9.17, 15) is 32.9 Å². The number of amides is 1. The van der Waals surface area contributed by atoms with Gasteiger partial charge in [0.1, 0.15) is 30.5 Å². The van der Waals surface area contributed by atoms with Crippen LogP contribution in [0.2, 0.25) is 0 Å². The number of para-hydroxylation sites is 2. The molecule has 0 saturated heterocycles. The molecule has 2 heterocycles. The highest BCUT2D eigenvalue weighted by Crippen LogP contribution is 2.23. The van der Waals surface area contributed by atoms with Gasteiger partial charge in [-0.15, -0.1) is 0 Å². The molecule has 146 valence electrons. The van der Waals surface area contributed by atoms with Gasteiger partial charge in [0, 0.05) is 6.07 Å². The zero-order valence-corrected chi connectivity index (χ0v) is 13.9. The van der Waals surface area contributed by atoms with Gasteiger partial charge in [0.25, 0.3) is 11.2 Å². The number of nitrogens with one attached hydrogen (secondary N) is 1. The Kier molecular flexibility index (Phi) is 4.81. The van der Waals surface area contributed by atoms with E-state index < -0.39 is 35.7 Å². The molecule has 28 heavy (non-hydrogen) atoms. The number of nitrogens with zero attached hydrogens (tertiary/aromatic N) is 5. The van der Waals surface area contributed by atoms with E-state index in [4.69, 9.17) is 0 Å². The number of fused-ring (bicyclic) bond motifs is 1. The first-order chi connectivity index (χ1) is 13.2. The Morgan fingerprint density at radius 2 is 2.00 bits per heavy atom. The molecule has 0 radical (unpaired) electrons. The standard InChI is InChI=1S/C15H11F3N6O4/c16-15(17,18)7-19-12(25)6-22-8-20-13-9(14(22)26)5-21-23(13)10-3-1-2-4-11(10)24(27)28/h1-5,8H,6-7H2,(H,19,25). The van der Waals surface area contributed by atoms with E-state index in [2.05, 4.69) is 10.1 Å². The summed E-state index contributed by atoms with van der Waals surface area (Å²) in [6, 6.07) is 5.69. The molecule has 2 aromatic heterocycles. The maximum atomic E-state index is 12.5. The van der Waals surface area contributed by atoms with Gasteiger partial charge in [-0.1, -0.05) is 12.1 Å². The third-order valence-corrected chi connectivity index (χ3v) is 3.66. The molecular formula is C15H11F3N6O4. The van der Waals surface area contributed by atoms with Crippen LogP contribution in [0.5, 0.6) is 0 Å². The second-order valence-corrected chi connectivity index (χ2v) is 5.61. The first-order valence-corrected chi connectivity index (χ1v) is 7.68. The average molecular weight is 396 g/mol. The molecule has 1 N–H and O–H groups in total. The maximum Gasteiger partial charge on any atom is 0.405 e. The Balaban J connectivity index is 1.94. The van der Waals surface area contributed by atoms with Crippen LogP contribution < -0.4 is 10.9 Å². The number of hydrogen-bond donors (Lipinski definition) is 1. The number of benzene rings is 1. The summed E-state index contributed by atoms with van der Waals surface area (Å²) in [4.78, 5) is 38.6. The van der Waals surface area contributed by atoms with Crippen molar-refractivity contribution in [2.75, 3.05) is 6.54 Å². The van der Waals surface area contributed by atoms with Crippen LogP contribution >= 0.6 is 0 Å². The third kappa shape index (κ3) is 3.82. The molecule has 1 amide bonds. The molecule has 0 atom stereocenters. The number of carbonyl (C=O) groups excluding carboxylic acids is 1. The summed E-state index contributed by atoms with van der Waals surface area (Å²) in [5.74, 6) is -1.02. The van der Waals surface area contributed by atoms with Crippen molar-refractivity contribution in [2.45, 2.75) is 12.7 Å². The van der Waals surface area contributed by atoms with Crippen molar-refractivity contribution in [3.05, 3.63) is 57.3 Å². The van der Waals surface area contributed by atoms with E-state index in [1.807, 2.05) is 0 Å². The smallest absolute Gasteiger partial charge is 0.345 e.